The van der Waals surface area contributed by atoms with E-state index in [1.54, 1.807) is 12.1 Å². The van der Waals surface area contributed by atoms with E-state index in [9.17, 15) is 9.90 Å². The second-order valence-corrected chi connectivity index (χ2v) is 5.64. The number of hydrogen-bond acceptors (Lipinski definition) is 5. The molecule has 1 spiro atoms. The second kappa shape index (κ2) is 6.03. The number of carbonyl (C=O) groups is 1. The summed E-state index contributed by atoms with van der Waals surface area (Å²) >= 11 is 0. The Morgan fingerprint density at radius 3 is 2.81 bits per heavy atom. The first-order valence-electron chi connectivity index (χ1n) is 7.45. The molecule has 1 saturated heterocycles. The molecule has 0 aromatic heterocycles. The Kier molecular flexibility index (Phi) is 4.12. The van der Waals surface area contributed by atoms with Gasteiger partial charge in [0.1, 0.15) is 24.0 Å². The van der Waals surface area contributed by atoms with E-state index < -0.39 is 11.8 Å². The lowest BCUT2D eigenvalue weighted by Crippen LogP contribution is -2.34. The fraction of sp³-hybridized carbons (Fsp3) is 0.562. The number of ether oxygens (including phenoxy) is 3. The predicted molar refractivity (Wildman–Crippen MR) is 75.0 cm³/mol. The van der Waals surface area contributed by atoms with Gasteiger partial charge in [0.05, 0.1) is 6.61 Å². The topological polar surface area (TPSA) is 65.0 Å². The van der Waals surface area contributed by atoms with Crippen LogP contribution in [0.15, 0.2) is 24.3 Å². The molecule has 1 atom stereocenters. The summed E-state index contributed by atoms with van der Waals surface area (Å²) in [5.74, 6) is -1.07. The van der Waals surface area contributed by atoms with Gasteiger partial charge in [0.25, 0.3) is 0 Å². The highest BCUT2D eigenvalue weighted by Crippen LogP contribution is 2.37. The van der Waals surface area contributed by atoms with E-state index in [0.717, 1.165) is 25.7 Å². The normalized spacial score (nSPS) is 24.1. The first-order chi connectivity index (χ1) is 10.2. The molecular formula is C16H20O5. The van der Waals surface area contributed by atoms with Crippen molar-refractivity contribution < 1.29 is 24.1 Å². The Balaban J connectivity index is 1.52. The minimum atomic E-state index is -0.540. The van der Waals surface area contributed by atoms with Crippen LogP contribution in [0.3, 0.4) is 0 Å². The maximum Gasteiger partial charge on any atom is 0.342 e. The van der Waals surface area contributed by atoms with Crippen molar-refractivity contribution in [2.24, 2.45) is 0 Å². The average molecular weight is 292 g/mol. The van der Waals surface area contributed by atoms with Gasteiger partial charge in [0.15, 0.2) is 5.79 Å². The molecule has 0 bridgehead atoms. The van der Waals surface area contributed by atoms with E-state index in [-0.39, 0.29) is 24.0 Å². The largest absolute Gasteiger partial charge is 0.507 e. The summed E-state index contributed by atoms with van der Waals surface area (Å²) in [7, 11) is 0. The summed E-state index contributed by atoms with van der Waals surface area (Å²) in [5, 5.41) is 9.61. The van der Waals surface area contributed by atoms with Crippen molar-refractivity contribution >= 4 is 5.97 Å². The minimum absolute atomic E-state index is 0.0742. The van der Waals surface area contributed by atoms with Crippen molar-refractivity contribution in [1.29, 1.82) is 0 Å². The minimum Gasteiger partial charge on any atom is -0.507 e. The molecule has 1 aromatic rings. The third-order valence-electron chi connectivity index (χ3n) is 4.05. The Morgan fingerprint density at radius 1 is 1.29 bits per heavy atom. The van der Waals surface area contributed by atoms with Gasteiger partial charge in [-0.05, 0) is 25.0 Å². The Labute approximate surface area is 123 Å². The summed E-state index contributed by atoms with van der Waals surface area (Å²) in [4.78, 5) is 11.9. The molecule has 1 aliphatic carbocycles. The number of benzene rings is 1. The van der Waals surface area contributed by atoms with Gasteiger partial charge in [0, 0.05) is 12.8 Å². The van der Waals surface area contributed by atoms with E-state index in [4.69, 9.17) is 14.2 Å². The molecule has 2 aliphatic rings. The number of esters is 1. The van der Waals surface area contributed by atoms with Gasteiger partial charge >= 0.3 is 5.97 Å². The Bertz CT molecular complexity index is 507. The quantitative estimate of drug-likeness (QED) is 0.868. The molecule has 2 fully saturated rings. The molecule has 1 N–H and O–H groups in total. The van der Waals surface area contributed by atoms with Crippen molar-refractivity contribution in [3.8, 4) is 5.75 Å². The zero-order valence-electron chi connectivity index (χ0n) is 11.9. The molecule has 3 rings (SSSR count). The SMILES string of the molecule is O=C(OCC1COC2(CCCCC2)O1)c1ccccc1O. The monoisotopic (exact) mass is 292 g/mol. The van der Waals surface area contributed by atoms with Crippen molar-refractivity contribution in [2.45, 2.75) is 44.0 Å². The number of hydrogen-bond donors (Lipinski definition) is 1. The molecule has 114 valence electrons. The molecule has 1 aromatic carbocycles. The van der Waals surface area contributed by atoms with Crippen LogP contribution in [0.4, 0.5) is 0 Å². The highest BCUT2D eigenvalue weighted by molar-refractivity contribution is 5.92. The highest BCUT2D eigenvalue weighted by Gasteiger charge is 2.42. The molecule has 1 heterocycles. The van der Waals surface area contributed by atoms with Crippen molar-refractivity contribution in [1.82, 2.24) is 0 Å². The van der Waals surface area contributed by atoms with Crippen LogP contribution in [-0.4, -0.2) is 36.2 Å². The lowest BCUT2D eigenvalue weighted by Gasteiger charge is -2.31. The number of phenolic OH excluding ortho intramolecular Hbond substituents is 1. The van der Waals surface area contributed by atoms with Gasteiger partial charge in [-0.3, -0.25) is 0 Å². The zero-order valence-corrected chi connectivity index (χ0v) is 11.9. The number of aromatic hydroxyl groups is 1. The van der Waals surface area contributed by atoms with Crippen LogP contribution in [0.5, 0.6) is 5.75 Å². The molecule has 1 unspecified atom stereocenters. The summed E-state index contributed by atoms with van der Waals surface area (Å²) in [6.07, 6.45) is 5.06. The third-order valence-corrected chi connectivity index (χ3v) is 4.05. The summed E-state index contributed by atoms with van der Waals surface area (Å²) in [6.45, 7) is 0.600. The summed E-state index contributed by atoms with van der Waals surface area (Å²) in [6, 6.07) is 6.34. The lowest BCUT2D eigenvalue weighted by atomic mass is 9.94. The van der Waals surface area contributed by atoms with Crippen LogP contribution >= 0.6 is 0 Å². The number of rotatable bonds is 3. The fourth-order valence-electron chi connectivity index (χ4n) is 2.94. The van der Waals surface area contributed by atoms with Gasteiger partial charge < -0.3 is 19.3 Å². The van der Waals surface area contributed by atoms with Gasteiger partial charge in [-0.25, -0.2) is 4.79 Å². The fourth-order valence-corrected chi connectivity index (χ4v) is 2.94. The first-order valence-corrected chi connectivity index (χ1v) is 7.45. The zero-order chi connectivity index (χ0) is 14.7. The molecule has 5 heteroatoms. The number of carbonyl (C=O) groups excluding carboxylic acids is 1. The molecule has 1 saturated carbocycles. The molecule has 0 amide bonds. The van der Waals surface area contributed by atoms with Crippen LogP contribution in [0.1, 0.15) is 42.5 Å². The highest BCUT2D eigenvalue weighted by atomic mass is 16.8. The molecule has 1 aliphatic heterocycles. The van der Waals surface area contributed by atoms with Crippen LogP contribution in [0, 0.1) is 0 Å². The predicted octanol–water partition coefficient (Wildman–Crippen LogP) is 2.62. The van der Waals surface area contributed by atoms with Crippen LogP contribution in [0.2, 0.25) is 0 Å². The molecule has 5 nitrogen and oxygen atoms in total. The van der Waals surface area contributed by atoms with Gasteiger partial charge in [-0.2, -0.15) is 0 Å². The second-order valence-electron chi connectivity index (χ2n) is 5.64. The maximum atomic E-state index is 11.9. The van der Waals surface area contributed by atoms with Crippen molar-refractivity contribution in [3.05, 3.63) is 29.8 Å². The third kappa shape index (κ3) is 3.19. The standard InChI is InChI=1S/C16H20O5/c17-14-7-3-2-6-13(14)15(18)19-10-12-11-20-16(21-12)8-4-1-5-9-16/h2-3,6-7,12,17H,1,4-5,8-11H2. The average Bonchev–Trinajstić information content (AvgIpc) is 2.89. The summed E-state index contributed by atoms with van der Waals surface area (Å²) in [5.41, 5.74) is 0.170. The molecule has 21 heavy (non-hydrogen) atoms. The lowest BCUT2D eigenvalue weighted by molar-refractivity contribution is -0.189. The maximum absolute atomic E-state index is 11.9. The van der Waals surface area contributed by atoms with Gasteiger partial charge in [-0.15, -0.1) is 0 Å². The van der Waals surface area contributed by atoms with Gasteiger partial charge in [0.2, 0.25) is 0 Å². The molecule has 0 radical (unpaired) electrons. The van der Waals surface area contributed by atoms with Crippen molar-refractivity contribution in [3.63, 3.8) is 0 Å². The number of para-hydroxylation sites is 1. The summed E-state index contributed by atoms with van der Waals surface area (Å²) < 4.78 is 17.0. The van der Waals surface area contributed by atoms with Crippen LogP contribution in [-0.2, 0) is 14.2 Å². The smallest absolute Gasteiger partial charge is 0.342 e. The van der Waals surface area contributed by atoms with Crippen LogP contribution in [0.25, 0.3) is 0 Å². The molecular weight excluding hydrogens is 272 g/mol. The van der Waals surface area contributed by atoms with E-state index in [2.05, 4.69) is 0 Å². The van der Waals surface area contributed by atoms with Crippen LogP contribution < -0.4 is 0 Å². The number of phenols is 1. The van der Waals surface area contributed by atoms with E-state index in [0.29, 0.717) is 6.61 Å². The van der Waals surface area contributed by atoms with Crippen molar-refractivity contribution in [2.75, 3.05) is 13.2 Å². The Morgan fingerprint density at radius 2 is 2.05 bits per heavy atom. The van der Waals surface area contributed by atoms with E-state index in [1.165, 1.54) is 18.6 Å². The van der Waals surface area contributed by atoms with E-state index in [1.807, 2.05) is 0 Å². The Hall–Kier alpha value is -1.59. The van der Waals surface area contributed by atoms with E-state index >= 15 is 0 Å². The van der Waals surface area contributed by atoms with Gasteiger partial charge in [-0.1, -0.05) is 18.6 Å². The first kappa shape index (κ1) is 14.4.